The number of nitro groups is 1. The molecule has 92 valence electrons. The molecule has 1 aromatic rings. The minimum Gasteiger partial charge on any atom is -0.450 e. The third kappa shape index (κ3) is 2.29. The highest BCUT2D eigenvalue weighted by atomic mass is 32.2. The van der Waals surface area contributed by atoms with Gasteiger partial charge in [0, 0.05) is 6.07 Å². The zero-order chi connectivity index (χ0) is 12.4. The Bertz CT molecular complexity index is 435. The quantitative estimate of drug-likeness (QED) is 0.648. The lowest BCUT2D eigenvalue weighted by Crippen LogP contribution is -2.33. The van der Waals surface area contributed by atoms with E-state index in [4.69, 9.17) is 14.6 Å². The monoisotopic (exact) mass is 257 g/mol. The second-order valence-electron chi connectivity index (χ2n) is 3.45. The van der Waals surface area contributed by atoms with Crippen molar-refractivity contribution in [2.75, 3.05) is 12.9 Å². The molecular formula is C10H11NO5S. The van der Waals surface area contributed by atoms with Crippen molar-refractivity contribution in [2.45, 2.75) is 11.5 Å². The number of thioether (sulfide) groups is 1. The van der Waals surface area contributed by atoms with Crippen molar-refractivity contribution in [3.63, 3.8) is 0 Å². The third-order valence-electron chi connectivity index (χ3n) is 2.41. The minimum absolute atomic E-state index is 0.0438. The van der Waals surface area contributed by atoms with Crippen molar-refractivity contribution >= 4 is 17.4 Å². The number of ether oxygens (including phenoxy) is 2. The van der Waals surface area contributed by atoms with Crippen molar-refractivity contribution in [3.05, 3.63) is 28.3 Å². The minimum atomic E-state index is -0.605. The van der Waals surface area contributed by atoms with Gasteiger partial charge in [-0.1, -0.05) is 0 Å². The first kappa shape index (κ1) is 12.0. The van der Waals surface area contributed by atoms with Gasteiger partial charge < -0.3 is 14.6 Å². The van der Waals surface area contributed by atoms with Crippen LogP contribution in [0.4, 0.5) is 5.69 Å². The molecule has 2 unspecified atom stereocenters. The van der Waals surface area contributed by atoms with Gasteiger partial charge in [0.15, 0.2) is 11.5 Å². The standard InChI is InChI=1S/C10H11NO5S/c1-17-9(5-12)10-15-7-3-2-6(11(13)14)4-8(7)16-10/h2-4,9-10,12H,5H2,1H3. The fraction of sp³-hybridized carbons (Fsp3) is 0.400. The van der Waals surface area contributed by atoms with Crippen LogP contribution in [0.25, 0.3) is 0 Å². The van der Waals surface area contributed by atoms with Gasteiger partial charge in [0.1, 0.15) is 5.25 Å². The SMILES string of the molecule is CSC(CO)C1Oc2ccc([N+](=O)[O-])cc2O1. The summed E-state index contributed by atoms with van der Waals surface area (Å²) in [6.45, 7) is -0.0814. The predicted molar refractivity (Wildman–Crippen MR) is 62.5 cm³/mol. The Morgan fingerprint density at radius 2 is 2.24 bits per heavy atom. The highest BCUT2D eigenvalue weighted by Crippen LogP contribution is 2.39. The number of aliphatic hydroxyl groups is 1. The Morgan fingerprint density at radius 3 is 2.82 bits per heavy atom. The summed E-state index contributed by atoms with van der Waals surface area (Å²) in [6.07, 6.45) is 1.23. The molecule has 0 saturated heterocycles. The van der Waals surface area contributed by atoms with Crippen molar-refractivity contribution in [2.24, 2.45) is 0 Å². The van der Waals surface area contributed by atoms with Crippen molar-refractivity contribution in [1.29, 1.82) is 0 Å². The number of aliphatic hydroxyl groups excluding tert-OH is 1. The lowest BCUT2D eigenvalue weighted by atomic mass is 10.3. The molecule has 2 rings (SSSR count). The fourth-order valence-electron chi connectivity index (χ4n) is 1.50. The van der Waals surface area contributed by atoms with Crippen LogP contribution in [0, 0.1) is 10.1 Å². The second-order valence-corrected chi connectivity index (χ2v) is 4.53. The summed E-state index contributed by atoms with van der Waals surface area (Å²) in [5.41, 5.74) is -0.0438. The number of nitrogens with zero attached hydrogens (tertiary/aromatic N) is 1. The number of nitro benzene ring substituents is 1. The van der Waals surface area contributed by atoms with Crippen LogP contribution >= 0.6 is 11.8 Å². The van der Waals surface area contributed by atoms with Crippen molar-refractivity contribution in [1.82, 2.24) is 0 Å². The number of hydrogen-bond acceptors (Lipinski definition) is 6. The Balaban J connectivity index is 2.19. The first-order chi connectivity index (χ1) is 8.15. The number of hydrogen-bond donors (Lipinski definition) is 1. The molecule has 6 nitrogen and oxygen atoms in total. The zero-order valence-corrected chi connectivity index (χ0v) is 9.85. The maximum absolute atomic E-state index is 10.6. The molecule has 1 aliphatic rings. The van der Waals surface area contributed by atoms with Crippen LogP contribution in [0.1, 0.15) is 0 Å². The highest BCUT2D eigenvalue weighted by molar-refractivity contribution is 7.99. The van der Waals surface area contributed by atoms with E-state index in [0.717, 1.165) is 0 Å². The summed E-state index contributed by atoms with van der Waals surface area (Å²) in [6, 6.07) is 4.18. The first-order valence-corrected chi connectivity index (χ1v) is 6.20. The molecule has 7 heteroatoms. The smallest absolute Gasteiger partial charge is 0.273 e. The highest BCUT2D eigenvalue weighted by Gasteiger charge is 2.32. The molecule has 0 amide bonds. The summed E-state index contributed by atoms with van der Waals surface area (Å²) >= 11 is 1.41. The van der Waals surface area contributed by atoms with Crippen LogP contribution in [0.15, 0.2) is 18.2 Å². The van der Waals surface area contributed by atoms with E-state index in [1.165, 1.54) is 30.0 Å². The van der Waals surface area contributed by atoms with Gasteiger partial charge in [-0.05, 0) is 12.3 Å². The Labute approximate surface area is 102 Å². The molecule has 0 saturated carbocycles. The van der Waals surface area contributed by atoms with Crippen LogP contribution < -0.4 is 9.47 Å². The van der Waals surface area contributed by atoms with Crippen LogP contribution in [-0.4, -0.2) is 34.4 Å². The van der Waals surface area contributed by atoms with Gasteiger partial charge in [-0.25, -0.2) is 0 Å². The number of benzene rings is 1. The second kappa shape index (κ2) is 4.80. The molecule has 0 fully saturated rings. The number of non-ortho nitro benzene ring substituents is 1. The zero-order valence-electron chi connectivity index (χ0n) is 9.03. The average molecular weight is 257 g/mol. The van der Waals surface area contributed by atoms with E-state index in [-0.39, 0.29) is 17.5 Å². The van der Waals surface area contributed by atoms with Gasteiger partial charge in [-0.15, -0.1) is 0 Å². The normalized spacial score (nSPS) is 19.1. The van der Waals surface area contributed by atoms with Crippen molar-refractivity contribution in [3.8, 4) is 11.5 Å². The van der Waals surface area contributed by atoms with Crippen LogP contribution in [-0.2, 0) is 0 Å². The Kier molecular flexibility index (Phi) is 3.39. The molecule has 1 aliphatic heterocycles. The van der Waals surface area contributed by atoms with Crippen LogP contribution in [0.2, 0.25) is 0 Å². The van der Waals surface area contributed by atoms with Gasteiger partial charge in [-0.2, -0.15) is 11.8 Å². The summed E-state index contributed by atoms with van der Waals surface area (Å²) in [4.78, 5) is 10.1. The van der Waals surface area contributed by atoms with Crippen LogP contribution in [0.5, 0.6) is 11.5 Å². The average Bonchev–Trinajstić information content (AvgIpc) is 2.72. The lowest BCUT2D eigenvalue weighted by molar-refractivity contribution is -0.384. The number of rotatable bonds is 4. The number of fused-ring (bicyclic) bond motifs is 1. The largest absolute Gasteiger partial charge is 0.450 e. The topological polar surface area (TPSA) is 81.8 Å². The molecule has 0 radical (unpaired) electrons. The molecule has 0 bridgehead atoms. The third-order valence-corrected chi connectivity index (χ3v) is 3.39. The van der Waals surface area contributed by atoms with E-state index in [1.807, 2.05) is 6.26 Å². The molecular weight excluding hydrogens is 246 g/mol. The van der Waals surface area contributed by atoms with Gasteiger partial charge >= 0.3 is 0 Å². The van der Waals surface area contributed by atoms with E-state index in [1.54, 1.807) is 0 Å². The summed E-state index contributed by atoms with van der Waals surface area (Å²) < 4.78 is 10.9. The molecule has 0 aromatic heterocycles. The van der Waals surface area contributed by atoms with E-state index >= 15 is 0 Å². The summed E-state index contributed by atoms with van der Waals surface area (Å²) in [5, 5.41) is 19.5. The van der Waals surface area contributed by atoms with Gasteiger partial charge in [0.2, 0.25) is 0 Å². The summed E-state index contributed by atoms with van der Waals surface area (Å²) in [7, 11) is 0. The molecule has 0 aliphatic carbocycles. The van der Waals surface area contributed by atoms with E-state index < -0.39 is 11.2 Å². The molecule has 1 aromatic carbocycles. The predicted octanol–water partition coefficient (Wildman–Crippen LogP) is 1.42. The summed E-state index contributed by atoms with van der Waals surface area (Å²) in [5.74, 6) is 0.810. The van der Waals surface area contributed by atoms with Gasteiger partial charge in [-0.3, -0.25) is 10.1 Å². The van der Waals surface area contributed by atoms with Gasteiger partial charge in [0.05, 0.1) is 17.6 Å². The Morgan fingerprint density at radius 1 is 1.53 bits per heavy atom. The van der Waals surface area contributed by atoms with Crippen molar-refractivity contribution < 1.29 is 19.5 Å². The maximum Gasteiger partial charge on any atom is 0.273 e. The van der Waals surface area contributed by atoms with Crippen LogP contribution in [0.3, 0.4) is 0 Å². The maximum atomic E-state index is 10.6. The molecule has 0 spiro atoms. The molecule has 17 heavy (non-hydrogen) atoms. The molecule has 1 heterocycles. The first-order valence-electron chi connectivity index (χ1n) is 4.91. The Hall–Kier alpha value is -1.47. The molecule has 1 N–H and O–H groups in total. The van der Waals surface area contributed by atoms with E-state index in [9.17, 15) is 10.1 Å². The molecule has 2 atom stereocenters. The van der Waals surface area contributed by atoms with E-state index in [2.05, 4.69) is 0 Å². The lowest BCUT2D eigenvalue weighted by Gasteiger charge is -2.17. The van der Waals surface area contributed by atoms with E-state index in [0.29, 0.717) is 11.5 Å². The van der Waals surface area contributed by atoms with Gasteiger partial charge in [0.25, 0.3) is 12.0 Å². The fourth-order valence-corrected chi connectivity index (χ4v) is 1.98.